The minimum Gasteiger partial charge on any atom is -0.397 e. The maximum atomic E-state index is 16.9. The number of amides is 1. The number of halogens is 4. The van der Waals surface area contributed by atoms with E-state index in [-0.39, 0.29) is 67.8 Å². The smallest absolute Gasteiger partial charge is 0.354 e. The Morgan fingerprint density at radius 1 is 1.20 bits per heavy atom. The first-order valence-corrected chi connectivity index (χ1v) is 15.7. The van der Waals surface area contributed by atoms with Crippen LogP contribution >= 0.6 is 23.2 Å². The SMILES string of the molecule is C=CC(=O)N1CC(C)N2c3nc(=O)n(-c4c(C)ccnc4C(C)C)c4cc(-c5c(N)c(Cl)cc(Cl)c5F)c(F)c(c34)NCCC2C1. The fourth-order valence-electron chi connectivity index (χ4n) is 6.72. The Morgan fingerprint density at radius 2 is 1.93 bits per heavy atom. The highest BCUT2D eigenvalue weighted by Crippen LogP contribution is 2.46. The number of carbonyl (C=O) groups is 1. The number of aromatic nitrogens is 3. The van der Waals surface area contributed by atoms with Crippen molar-refractivity contribution in [1.82, 2.24) is 19.4 Å². The van der Waals surface area contributed by atoms with Gasteiger partial charge in [-0.05, 0) is 56.0 Å². The molecule has 13 heteroatoms. The van der Waals surface area contributed by atoms with Crippen LogP contribution in [0.1, 0.15) is 44.4 Å². The molecule has 3 N–H and O–H groups in total. The van der Waals surface area contributed by atoms with Gasteiger partial charge in [-0.25, -0.2) is 13.6 Å². The second kappa shape index (κ2) is 11.9. The maximum Gasteiger partial charge on any atom is 0.354 e. The van der Waals surface area contributed by atoms with Crippen LogP contribution in [-0.2, 0) is 4.79 Å². The standard InChI is InChI=1S/C33H33Cl2F2N7O2/c1-6-23(45)42-13-17(5)43-18(14-42)8-10-40-30-25-22(11-19(26(30)36)24-27(37)20(34)12-21(35)28(24)38)44(33(46)41-32(25)43)31-16(4)7-9-39-29(31)15(2)3/h6-7,9,11-12,15,17-18,40H,1,8,10,13-14,38H2,2-5H3. The summed E-state index contributed by atoms with van der Waals surface area (Å²) in [6.07, 6.45) is 3.43. The van der Waals surface area contributed by atoms with Crippen molar-refractivity contribution < 1.29 is 13.6 Å². The zero-order chi connectivity index (χ0) is 33.2. The number of aryl methyl sites for hydroxylation is 1. The molecular weight excluding hydrogens is 635 g/mol. The van der Waals surface area contributed by atoms with Gasteiger partial charge >= 0.3 is 5.69 Å². The molecule has 0 spiro atoms. The summed E-state index contributed by atoms with van der Waals surface area (Å²) in [5.74, 6) is -1.77. The average Bonchev–Trinajstić information content (AvgIpc) is 3.00. The number of rotatable bonds is 4. The molecule has 2 aromatic heterocycles. The van der Waals surface area contributed by atoms with Crippen molar-refractivity contribution in [2.45, 2.75) is 52.1 Å². The number of benzene rings is 2. The molecular formula is C33H33Cl2F2N7O2. The predicted molar refractivity (Wildman–Crippen MR) is 179 cm³/mol. The van der Waals surface area contributed by atoms with E-state index >= 15 is 8.78 Å². The van der Waals surface area contributed by atoms with E-state index in [1.807, 2.05) is 32.6 Å². The van der Waals surface area contributed by atoms with Gasteiger partial charge in [0.15, 0.2) is 11.6 Å². The van der Waals surface area contributed by atoms with Crippen molar-refractivity contribution in [1.29, 1.82) is 0 Å². The van der Waals surface area contributed by atoms with Gasteiger partial charge in [-0.15, -0.1) is 0 Å². The quantitative estimate of drug-likeness (QED) is 0.146. The number of hydrogen-bond acceptors (Lipinski definition) is 7. The zero-order valence-electron chi connectivity index (χ0n) is 25.8. The molecule has 1 fully saturated rings. The first kappa shape index (κ1) is 31.7. The molecule has 6 rings (SSSR count). The average molecular weight is 669 g/mol. The summed E-state index contributed by atoms with van der Waals surface area (Å²) >= 11 is 12.5. The van der Waals surface area contributed by atoms with Crippen molar-refractivity contribution in [2.24, 2.45) is 0 Å². The number of nitrogen functional groups attached to an aromatic ring is 1. The first-order valence-electron chi connectivity index (χ1n) is 15.0. The fraction of sp³-hybridized carbons (Fsp3) is 0.333. The van der Waals surface area contributed by atoms with Crippen molar-refractivity contribution in [3.63, 3.8) is 0 Å². The Balaban J connectivity index is 1.76. The van der Waals surface area contributed by atoms with Crippen molar-refractivity contribution in [3.05, 3.63) is 80.5 Å². The topological polar surface area (TPSA) is 109 Å². The second-order valence-corrected chi connectivity index (χ2v) is 12.9. The van der Waals surface area contributed by atoms with E-state index in [1.54, 1.807) is 17.2 Å². The van der Waals surface area contributed by atoms with Crippen molar-refractivity contribution in [3.8, 4) is 16.8 Å². The predicted octanol–water partition coefficient (Wildman–Crippen LogP) is 6.45. The monoisotopic (exact) mass is 667 g/mol. The lowest BCUT2D eigenvalue weighted by Crippen LogP contribution is -2.60. The van der Waals surface area contributed by atoms with Crippen LogP contribution in [0.5, 0.6) is 0 Å². The number of nitrogens with zero attached hydrogens (tertiary/aromatic N) is 5. The number of piperazine rings is 1. The molecule has 2 atom stereocenters. The van der Waals surface area contributed by atoms with Crippen LogP contribution in [0.2, 0.25) is 10.0 Å². The van der Waals surface area contributed by atoms with Gasteiger partial charge in [0, 0.05) is 43.0 Å². The molecule has 4 aromatic rings. The van der Waals surface area contributed by atoms with Crippen molar-refractivity contribution in [2.75, 3.05) is 35.6 Å². The Bertz CT molecular complexity index is 1970. The molecule has 2 aromatic carbocycles. The second-order valence-electron chi connectivity index (χ2n) is 12.1. The minimum atomic E-state index is -0.944. The van der Waals surface area contributed by atoms with Crippen LogP contribution in [-0.4, -0.2) is 57.1 Å². The third kappa shape index (κ3) is 4.96. The maximum absolute atomic E-state index is 16.9. The summed E-state index contributed by atoms with van der Waals surface area (Å²) in [6, 6.07) is 3.82. The third-order valence-electron chi connectivity index (χ3n) is 8.80. The molecule has 2 aliphatic heterocycles. The summed E-state index contributed by atoms with van der Waals surface area (Å²) in [6.45, 7) is 12.3. The summed E-state index contributed by atoms with van der Waals surface area (Å²) in [5, 5.41) is 3.16. The van der Waals surface area contributed by atoms with Gasteiger partial charge in [0.1, 0.15) is 5.82 Å². The van der Waals surface area contributed by atoms with Crippen LogP contribution in [0.25, 0.3) is 27.7 Å². The van der Waals surface area contributed by atoms with Gasteiger partial charge in [-0.1, -0.05) is 43.6 Å². The van der Waals surface area contributed by atoms with Gasteiger partial charge in [-0.3, -0.25) is 14.3 Å². The molecule has 0 saturated carbocycles. The number of fused-ring (bicyclic) bond motifs is 2. The molecule has 46 heavy (non-hydrogen) atoms. The Kier molecular flexibility index (Phi) is 8.18. The lowest BCUT2D eigenvalue weighted by Gasteiger charge is -2.47. The Morgan fingerprint density at radius 3 is 2.63 bits per heavy atom. The van der Waals surface area contributed by atoms with E-state index in [4.69, 9.17) is 28.9 Å². The number of nitrogens with two attached hydrogens (primary N) is 1. The molecule has 0 bridgehead atoms. The molecule has 2 unspecified atom stereocenters. The van der Waals surface area contributed by atoms with E-state index in [0.29, 0.717) is 42.8 Å². The van der Waals surface area contributed by atoms with Gasteiger partial charge in [0.25, 0.3) is 0 Å². The van der Waals surface area contributed by atoms with E-state index < -0.39 is 17.3 Å². The third-order valence-corrected chi connectivity index (χ3v) is 9.39. The minimum absolute atomic E-state index is 0.0292. The lowest BCUT2D eigenvalue weighted by atomic mass is 9.95. The first-order chi connectivity index (χ1) is 21.8. The summed E-state index contributed by atoms with van der Waals surface area (Å²) in [7, 11) is 0. The number of anilines is 3. The van der Waals surface area contributed by atoms with E-state index in [9.17, 15) is 9.59 Å². The molecule has 4 heterocycles. The van der Waals surface area contributed by atoms with Crippen LogP contribution in [0.4, 0.5) is 26.0 Å². The zero-order valence-corrected chi connectivity index (χ0v) is 27.3. The van der Waals surface area contributed by atoms with Crippen LogP contribution in [0.15, 0.2) is 41.8 Å². The largest absolute Gasteiger partial charge is 0.397 e. The highest BCUT2D eigenvalue weighted by Gasteiger charge is 2.38. The number of hydrogen-bond donors (Lipinski definition) is 2. The molecule has 0 radical (unpaired) electrons. The normalized spacial score (nSPS) is 17.8. The molecule has 0 aliphatic carbocycles. The van der Waals surface area contributed by atoms with Gasteiger partial charge in [0.2, 0.25) is 5.91 Å². The molecule has 2 aliphatic rings. The van der Waals surface area contributed by atoms with Gasteiger partial charge < -0.3 is 20.9 Å². The van der Waals surface area contributed by atoms with E-state index in [1.165, 1.54) is 16.7 Å². The highest BCUT2D eigenvalue weighted by atomic mass is 35.5. The Hall–Kier alpha value is -4.22. The molecule has 9 nitrogen and oxygen atoms in total. The molecule has 1 amide bonds. The molecule has 240 valence electrons. The fourth-order valence-corrected chi connectivity index (χ4v) is 7.19. The van der Waals surface area contributed by atoms with Crippen LogP contribution < -0.4 is 21.6 Å². The number of pyridine rings is 1. The van der Waals surface area contributed by atoms with Gasteiger partial charge in [0.05, 0.1) is 49.7 Å². The highest BCUT2D eigenvalue weighted by molar-refractivity contribution is 6.37. The number of nitrogens with one attached hydrogen (secondary N) is 1. The van der Waals surface area contributed by atoms with Gasteiger partial charge in [-0.2, -0.15) is 4.98 Å². The van der Waals surface area contributed by atoms with Crippen LogP contribution in [0, 0.1) is 18.6 Å². The summed E-state index contributed by atoms with van der Waals surface area (Å²) in [5.41, 5.74) is 7.05. The molecule has 1 saturated heterocycles. The van der Waals surface area contributed by atoms with Crippen molar-refractivity contribution >= 4 is 57.2 Å². The van der Waals surface area contributed by atoms with E-state index in [2.05, 4.69) is 21.9 Å². The summed E-state index contributed by atoms with van der Waals surface area (Å²) in [4.78, 5) is 39.8. The number of carbonyl (C=O) groups excluding carboxylic acids is 1. The van der Waals surface area contributed by atoms with Crippen LogP contribution in [0.3, 0.4) is 0 Å². The summed E-state index contributed by atoms with van der Waals surface area (Å²) < 4.78 is 34.0. The Labute approximate surface area is 274 Å². The lowest BCUT2D eigenvalue weighted by molar-refractivity contribution is -0.127. The van der Waals surface area contributed by atoms with E-state index in [0.717, 1.165) is 11.6 Å².